The van der Waals surface area contributed by atoms with Crippen molar-refractivity contribution in [2.24, 2.45) is 5.92 Å². The normalized spacial score (nSPS) is 29.5. The number of nitrogens with one attached hydrogen (secondary N) is 1. The lowest BCUT2D eigenvalue weighted by Crippen LogP contribution is -2.45. The molecule has 3 heterocycles. The van der Waals surface area contributed by atoms with Crippen LogP contribution in [0.2, 0.25) is 0 Å². The zero-order chi connectivity index (χ0) is 11.7. The highest BCUT2D eigenvalue weighted by Gasteiger charge is 2.34. The molecule has 4 heteroatoms. The summed E-state index contributed by atoms with van der Waals surface area (Å²) in [6.07, 6.45) is 3.98. The second-order valence-electron chi connectivity index (χ2n) is 5.27. The SMILES string of the molecule is Cc1ncsc1CCN1CCCC2CNCC21. The van der Waals surface area contributed by atoms with E-state index in [0.717, 1.165) is 12.0 Å². The van der Waals surface area contributed by atoms with Crippen molar-refractivity contribution < 1.29 is 0 Å². The first-order valence-corrected chi connectivity index (χ1v) is 7.56. The molecule has 2 aliphatic rings. The van der Waals surface area contributed by atoms with Gasteiger partial charge in [0.2, 0.25) is 0 Å². The molecular formula is C13H21N3S. The van der Waals surface area contributed by atoms with Crippen LogP contribution < -0.4 is 5.32 Å². The van der Waals surface area contributed by atoms with Gasteiger partial charge in [0.15, 0.2) is 0 Å². The average Bonchev–Trinajstić information content (AvgIpc) is 2.95. The molecule has 3 nitrogen and oxygen atoms in total. The van der Waals surface area contributed by atoms with Gasteiger partial charge in [-0.05, 0) is 45.2 Å². The highest BCUT2D eigenvalue weighted by Crippen LogP contribution is 2.26. The third kappa shape index (κ3) is 2.39. The minimum atomic E-state index is 0.803. The fourth-order valence-electron chi connectivity index (χ4n) is 3.25. The molecule has 2 fully saturated rings. The van der Waals surface area contributed by atoms with Crippen molar-refractivity contribution in [3.8, 4) is 0 Å². The minimum Gasteiger partial charge on any atom is -0.315 e. The fourth-order valence-corrected chi connectivity index (χ4v) is 4.02. The first kappa shape index (κ1) is 11.6. The molecular weight excluding hydrogens is 230 g/mol. The van der Waals surface area contributed by atoms with Gasteiger partial charge in [0.1, 0.15) is 0 Å². The predicted octanol–water partition coefficient (Wildman–Crippen LogP) is 1.68. The molecule has 2 unspecified atom stereocenters. The molecule has 2 aliphatic heterocycles. The van der Waals surface area contributed by atoms with Crippen LogP contribution in [0.3, 0.4) is 0 Å². The summed E-state index contributed by atoms with van der Waals surface area (Å²) >= 11 is 1.81. The Morgan fingerprint density at radius 3 is 3.29 bits per heavy atom. The number of fused-ring (bicyclic) bond motifs is 1. The summed E-state index contributed by atoms with van der Waals surface area (Å²) in [5.74, 6) is 0.909. The molecule has 2 saturated heterocycles. The van der Waals surface area contributed by atoms with Crippen LogP contribution in [0.4, 0.5) is 0 Å². The summed E-state index contributed by atoms with van der Waals surface area (Å²) < 4.78 is 0. The maximum atomic E-state index is 4.33. The van der Waals surface area contributed by atoms with E-state index in [4.69, 9.17) is 0 Å². The summed E-state index contributed by atoms with van der Waals surface area (Å²) in [5.41, 5.74) is 3.20. The van der Waals surface area contributed by atoms with E-state index in [9.17, 15) is 0 Å². The number of likely N-dealkylation sites (tertiary alicyclic amines) is 1. The van der Waals surface area contributed by atoms with Crippen LogP contribution >= 0.6 is 11.3 Å². The first-order valence-electron chi connectivity index (χ1n) is 6.68. The number of nitrogens with zero attached hydrogens (tertiary/aromatic N) is 2. The molecule has 1 N–H and O–H groups in total. The lowest BCUT2D eigenvalue weighted by atomic mass is 9.92. The van der Waals surface area contributed by atoms with Crippen molar-refractivity contribution >= 4 is 11.3 Å². The monoisotopic (exact) mass is 251 g/mol. The maximum Gasteiger partial charge on any atom is 0.0797 e. The zero-order valence-corrected chi connectivity index (χ0v) is 11.3. The van der Waals surface area contributed by atoms with Crippen molar-refractivity contribution in [3.63, 3.8) is 0 Å². The lowest BCUT2D eigenvalue weighted by molar-refractivity contribution is 0.127. The van der Waals surface area contributed by atoms with E-state index in [-0.39, 0.29) is 0 Å². The van der Waals surface area contributed by atoms with Gasteiger partial charge in [-0.3, -0.25) is 4.90 Å². The molecule has 17 heavy (non-hydrogen) atoms. The van der Waals surface area contributed by atoms with Crippen LogP contribution in [0.25, 0.3) is 0 Å². The Bertz CT molecular complexity index is 376. The Labute approximate surface area is 107 Å². The van der Waals surface area contributed by atoms with Crippen molar-refractivity contribution in [1.82, 2.24) is 15.2 Å². The fraction of sp³-hybridized carbons (Fsp3) is 0.769. The minimum absolute atomic E-state index is 0.803. The van der Waals surface area contributed by atoms with Gasteiger partial charge in [-0.25, -0.2) is 4.98 Å². The van der Waals surface area contributed by atoms with Gasteiger partial charge in [0.05, 0.1) is 11.2 Å². The van der Waals surface area contributed by atoms with Crippen molar-refractivity contribution in [1.29, 1.82) is 0 Å². The molecule has 0 amide bonds. The van der Waals surface area contributed by atoms with E-state index in [1.807, 2.05) is 16.8 Å². The number of hydrogen-bond donors (Lipinski definition) is 1. The Hall–Kier alpha value is -0.450. The van der Waals surface area contributed by atoms with Gasteiger partial charge >= 0.3 is 0 Å². The summed E-state index contributed by atoms with van der Waals surface area (Å²) in [4.78, 5) is 8.51. The molecule has 0 saturated carbocycles. The Morgan fingerprint density at radius 2 is 2.47 bits per heavy atom. The topological polar surface area (TPSA) is 28.2 Å². The van der Waals surface area contributed by atoms with Crippen LogP contribution in [0.5, 0.6) is 0 Å². The highest BCUT2D eigenvalue weighted by molar-refractivity contribution is 7.09. The smallest absolute Gasteiger partial charge is 0.0797 e. The number of hydrogen-bond acceptors (Lipinski definition) is 4. The van der Waals surface area contributed by atoms with Gasteiger partial charge in [-0.2, -0.15) is 0 Å². The molecule has 0 radical (unpaired) electrons. The van der Waals surface area contributed by atoms with E-state index in [1.165, 1.54) is 56.0 Å². The highest BCUT2D eigenvalue weighted by atomic mass is 32.1. The summed E-state index contributed by atoms with van der Waals surface area (Å²) in [6, 6.07) is 0.803. The van der Waals surface area contributed by atoms with Crippen LogP contribution in [0, 0.1) is 12.8 Å². The van der Waals surface area contributed by atoms with Gasteiger partial charge < -0.3 is 5.32 Å². The van der Waals surface area contributed by atoms with Gasteiger partial charge in [0, 0.05) is 24.0 Å². The van der Waals surface area contributed by atoms with Crippen molar-refractivity contribution in [2.45, 2.75) is 32.2 Å². The summed E-state index contributed by atoms with van der Waals surface area (Å²) in [7, 11) is 0. The zero-order valence-electron chi connectivity index (χ0n) is 10.5. The molecule has 94 valence electrons. The molecule has 0 bridgehead atoms. The third-order valence-corrected chi connectivity index (χ3v) is 5.26. The van der Waals surface area contributed by atoms with Crippen LogP contribution in [0.15, 0.2) is 5.51 Å². The molecule has 1 aromatic heterocycles. The molecule has 3 rings (SSSR count). The first-order chi connectivity index (χ1) is 8.34. The molecule has 0 aliphatic carbocycles. The predicted molar refractivity (Wildman–Crippen MR) is 71.5 cm³/mol. The second kappa shape index (κ2) is 5.04. The number of aromatic nitrogens is 1. The standard InChI is InChI=1S/C13H21N3S/c1-10-13(17-9-15-10)4-6-16-5-2-3-11-7-14-8-12(11)16/h9,11-12,14H,2-8H2,1H3. The second-order valence-corrected chi connectivity index (χ2v) is 6.21. The van der Waals surface area contributed by atoms with E-state index in [1.54, 1.807) is 0 Å². The van der Waals surface area contributed by atoms with Gasteiger partial charge in [-0.1, -0.05) is 0 Å². The Balaban J connectivity index is 1.59. The number of piperidine rings is 1. The van der Waals surface area contributed by atoms with E-state index in [2.05, 4.69) is 22.1 Å². The van der Waals surface area contributed by atoms with E-state index >= 15 is 0 Å². The van der Waals surface area contributed by atoms with E-state index in [0.29, 0.717) is 0 Å². The summed E-state index contributed by atoms with van der Waals surface area (Å²) in [5, 5.41) is 3.55. The number of rotatable bonds is 3. The quantitative estimate of drug-likeness (QED) is 0.886. The Morgan fingerprint density at radius 1 is 1.53 bits per heavy atom. The van der Waals surface area contributed by atoms with E-state index < -0.39 is 0 Å². The van der Waals surface area contributed by atoms with Gasteiger partial charge in [-0.15, -0.1) is 11.3 Å². The average molecular weight is 251 g/mol. The van der Waals surface area contributed by atoms with Crippen LogP contribution in [-0.4, -0.2) is 42.1 Å². The van der Waals surface area contributed by atoms with Gasteiger partial charge in [0.25, 0.3) is 0 Å². The Kier molecular flexibility index (Phi) is 3.45. The van der Waals surface area contributed by atoms with Crippen LogP contribution in [-0.2, 0) is 6.42 Å². The molecule has 2 atom stereocenters. The third-order valence-electron chi connectivity index (χ3n) is 4.26. The summed E-state index contributed by atoms with van der Waals surface area (Å²) in [6.45, 7) is 7.07. The number of thiazole rings is 1. The van der Waals surface area contributed by atoms with Crippen LogP contribution in [0.1, 0.15) is 23.4 Å². The molecule has 1 aromatic rings. The lowest BCUT2D eigenvalue weighted by Gasteiger charge is -2.37. The molecule has 0 spiro atoms. The van der Waals surface area contributed by atoms with Crippen molar-refractivity contribution in [2.75, 3.05) is 26.2 Å². The largest absolute Gasteiger partial charge is 0.315 e. The van der Waals surface area contributed by atoms with Crippen molar-refractivity contribution in [3.05, 3.63) is 16.1 Å². The number of aryl methyl sites for hydroxylation is 1. The maximum absolute atomic E-state index is 4.33. The molecule has 0 aromatic carbocycles.